The van der Waals surface area contributed by atoms with Crippen molar-refractivity contribution in [3.63, 3.8) is 0 Å². The van der Waals surface area contributed by atoms with Crippen molar-refractivity contribution in [1.82, 2.24) is 5.32 Å². The van der Waals surface area contributed by atoms with E-state index in [1.807, 2.05) is 84.9 Å². The molecule has 1 aromatic heterocycles. The summed E-state index contributed by atoms with van der Waals surface area (Å²) >= 11 is 0. The Morgan fingerprint density at radius 1 is 0.590 bits per heavy atom. The minimum Gasteiger partial charge on any atom is -0.456 e. The Morgan fingerprint density at radius 3 is 1.89 bits per heavy atom. The second kappa shape index (κ2) is 16.3. The van der Waals surface area contributed by atoms with E-state index in [0.717, 1.165) is 96.2 Å². The minimum atomic E-state index is 0.207. The Bertz CT molecular complexity index is 3190. The summed E-state index contributed by atoms with van der Waals surface area (Å²) in [5.74, 6) is 1.83. The third-order valence-corrected chi connectivity index (χ3v) is 11.6. The fourth-order valence-electron chi connectivity index (χ4n) is 8.49. The van der Waals surface area contributed by atoms with Crippen LogP contribution in [0.1, 0.15) is 45.6 Å². The molecule has 5 nitrogen and oxygen atoms in total. The molecule has 0 saturated heterocycles. The third-order valence-electron chi connectivity index (χ3n) is 11.6. The summed E-state index contributed by atoms with van der Waals surface area (Å²) in [4.78, 5) is 4.70. The summed E-state index contributed by atoms with van der Waals surface area (Å²) in [5.41, 5.74) is 14.3. The van der Waals surface area contributed by atoms with E-state index in [2.05, 4.69) is 121 Å². The fourth-order valence-corrected chi connectivity index (χ4v) is 8.49. The molecule has 2 N–H and O–H groups in total. The number of furan rings is 1. The number of nitrogens with zero attached hydrogens (tertiary/aromatic N) is 2. The lowest BCUT2D eigenvalue weighted by Gasteiger charge is -2.15. The van der Waals surface area contributed by atoms with Crippen molar-refractivity contribution in [3.8, 4) is 39.4 Å². The standard InChI is InChI=1S/C56H40N4O/c57-35-38-32-44(39-26-28-41(29-27-39)48-19-11-20-52-51-18-9-10-21-53(51)61-54(48)52)34-45(33-38)47-31-30-46(49-16-7-8-17-50(47)49)40-24-22-37(23-25-40)36-59-56(43-14-5-2-6-15-43)60-55(58)42-12-3-1-4-13-42/h1-10,12-19,21-34H,11,20,36H2,(H2,58,59,60). The predicted molar refractivity (Wildman–Crippen MR) is 250 cm³/mol. The van der Waals surface area contributed by atoms with E-state index >= 15 is 0 Å². The first-order chi connectivity index (χ1) is 30.1. The monoisotopic (exact) mass is 784 g/mol. The van der Waals surface area contributed by atoms with Crippen molar-refractivity contribution in [1.29, 1.82) is 10.7 Å². The van der Waals surface area contributed by atoms with E-state index in [0.29, 0.717) is 17.9 Å². The number of amidine groups is 2. The van der Waals surface area contributed by atoms with Crippen LogP contribution in [-0.4, -0.2) is 11.7 Å². The van der Waals surface area contributed by atoms with Gasteiger partial charge < -0.3 is 9.73 Å². The molecule has 0 bridgehead atoms. The molecule has 0 spiro atoms. The lowest BCUT2D eigenvalue weighted by atomic mass is 9.89. The van der Waals surface area contributed by atoms with Crippen molar-refractivity contribution in [3.05, 3.63) is 233 Å². The summed E-state index contributed by atoms with van der Waals surface area (Å²) in [7, 11) is 0. The van der Waals surface area contributed by atoms with Crippen LogP contribution >= 0.6 is 0 Å². The van der Waals surface area contributed by atoms with Crippen LogP contribution in [0.2, 0.25) is 0 Å². The van der Waals surface area contributed by atoms with Gasteiger partial charge in [0.1, 0.15) is 17.2 Å². The quantitative estimate of drug-likeness (QED) is 0.119. The molecular weight excluding hydrogens is 745 g/mol. The molecule has 0 fully saturated rings. The first-order valence-corrected chi connectivity index (χ1v) is 20.6. The van der Waals surface area contributed by atoms with Gasteiger partial charge >= 0.3 is 0 Å². The number of allylic oxidation sites excluding steroid dienone is 1. The molecule has 9 aromatic rings. The first-order valence-electron chi connectivity index (χ1n) is 20.6. The number of hydrogen-bond acceptors (Lipinski definition) is 3. The van der Waals surface area contributed by atoms with E-state index in [9.17, 15) is 5.26 Å². The predicted octanol–water partition coefficient (Wildman–Crippen LogP) is 13.4. The maximum Gasteiger partial charge on any atom is 0.154 e. The van der Waals surface area contributed by atoms with Gasteiger partial charge in [-0.1, -0.05) is 170 Å². The molecule has 0 amide bonds. The lowest BCUT2D eigenvalue weighted by molar-refractivity contribution is 0.591. The Kier molecular flexibility index (Phi) is 9.94. The van der Waals surface area contributed by atoms with Crippen molar-refractivity contribution in [2.24, 2.45) is 4.99 Å². The topological polar surface area (TPSA) is 85.2 Å². The molecule has 1 aliphatic rings. The summed E-state index contributed by atoms with van der Waals surface area (Å²) in [6.45, 7) is 0.552. The Labute approximate surface area is 355 Å². The van der Waals surface area contributed by atoms with Crippen LogP contribution in [-0.2, 0) is 13.0 Å². The second-order valence-corrected chi connectivity index (χ2v) is 15.3. The molecule has 290 valence electrons. The highest BCUT2D eigenvalue weighted by Gasteiger charge is 2.22. The van der Waals surface area contributed by atoms with Gasteiger partial charge in [0.2, 0.25) is 0 Å². The van der Waals surface area contributed by atoms with E-state index in [4.69, 9.17) is 14.8 Å². The summed E-state index contributed by atoms with van der Waals surface area (Å²) in [6.07, 6.45) is 4.24. The minimum absolute atomic E-state index is 0.207. The highest BCUT2D eigenvalue weighted by Crippen LogP contribution is 2.40. The van der Waals surface area contributed by atoms with E-state index in [1.54, 1.807) is 0 Å². The number of aryl methyl sites for hydroxylation is 1. The number of benzene rings is 8. The van der Waals surface area contributed by atoms with Gasteiger partial charge in [-0.05, 0) is 92.4 Å². The van der Waals surface area contributed by atoms with Crippen LogP contribution in [0.15, 0.2) is 204 Å². The van der Waals surface area contributed by atoms with Crippen LogP contribution in [0.25, 0.3) is 60.7 Å². The van der Waals surface area contributed by atoms with Crippen molar-refractivity contribution < 1.29 is 4.42 Å². The number of nitriles is 1. The molecule has 1 heterocycles. The van der Waals surface area contributed by atoms with Crippen LogP contribution in [0, 0.1) is 16.7 Å². The molecule has 0 radical (unpaired) electrons. The number of para-hydroxylation sites is 1. The van der Waals surface area contributed by atoms with Crippen LogP contribution < -0.4 is 5.32 Å². The molecular formula is C56H40N4O. The van der Waals surface area contributed by atoms with Gasteiger partial charge in [-0.2, -0.15) is 5.26 Å². The number of hydrogen-bond donors (Lipinski definition) is 2. The summed E-state index contributed by atoms with van der Waals surface area (Å²) in [5, 5.41) is 25.8. The third kappa shape index (κ3) is 7.44. The zero-order valence-corrected chi connectivity index (χ0v) is 33.4. The molecule has 0 unspecified atom stereocenters. The number of nitrogens with one attached hydrogen (secondary N) is 2. The number of rotatable bonds is 8. The van der Waals surface area contributed by atoms with Gasteiger partial charge in [0.15, 0.2) is 5.84 Å². The molecule has 10 rings (SSSR count). The van der Waals surface area contributed by atoms with Gasteiger partial charge in [-0.25, -0.2) is 4.99 Å². The molecule has 5 heteroatoms. The average molecular weight is 785 g/mol. The van der Waals surface area contributed by atoms with Gasteiger partial charge in [0.05, 0.1) is 11.6 Å². The second-order valence-electron chi connectivity index (χ2n) is 15.3. The Balaban J connectivity index is 0.917. The van der Waals surface area contributed by atoms with Crippen LogP contribution in [0.3, 0.4) is 0 Å². The molecule has 0 saturated carbocycles. The van der Waals surface area contributed by atoms with Gasteiger partial charge in [0.25, 0.3) is 0 Å². The lowest BCUT2D eigenvalue weighted by Crippen LogP contribution is -2.25. The van der Waals surface area contributed by atoms with Crippen LogP contribution in [0.4, 0.5) is 0 Å². The highest BCUT2D eigenvalue weighted by atomic mass is 16.3. The molecule has 0 atom stereocenters. The highest BCUT2D eigenvalue weighted by molar-refractivity contribution is 6.10. The van der Waals surface area contributed by atoms with Gasteiger partial charge in [0, 0.05) is 34.2 Å². The zero-order valence-electron chi connectivity index (χ0n) is 33.4. The maximum atomic E-state index is 10.2. The number of aliphatic imine (C=N–C) groups is 1. The van der Waals surface area contributed by atoms with Crippen molar-refractivity contribution in [2.75, 3.05) is 0 Å². The fraction of sp³-hybridized carbons (Fsp3) is 0.0536. The molecule has 1 aliphatic carbocycles. The molecule has 61 heavy (non-hydrogen) atoms. The van der Waals surface area contributed by atoms with Gasteiger partial charge in [-0.3, -0.25) is 5.41 Å². The van der Waals surface area contributed by atoms with E-state index in [-0.39, 0.29) is 5.84 Å². The largest absolute Gasteiger partial charge is 0.456 e. The molecule has 8 aromatic carbocycles. The Hall–Kier alpha value is -8.07. The zero-order chi connectivity index (χ0) is 41.1. The van der Waals surface area contributed by atoms with Crippen LogP contribution in [0.5, 0.6) is 0 Å². The summed E-state index contributed by atoms with van der Waals surface area (Å²) in [6, 6.07) is 66.6. The number of fused-ring (bicyclic) bond motifs is 4. The van der Waals surface area contributed by atoms with Crippen molar-refractivity contribution in [2.45, 2.75) is 19.4 Å². The normalized spacial score (nSPS) is 12.4. The van der Waals surface area contributed by atoms with E-state index in [1.165, 1.54) is 10.9 Å². The SMILES string of the molecule is N#Cc1cc(-c2ccc(C3=CCCc4c3oc3ccccc43)cc2)cc(-c2ccc(-c3ccc(CN/C(=N\C(=N)c4ccccc4)c4ccccc4)cc3)c3ccccc23)c1. The smallest absolute Gasteiger partial charge is 0.154 e. The average Bonchev–Trinajstić information content (AvgIpc) is 3.72. The maximum absolute atomic E-state index is 10.2. The van der Waals surface area contributed by atoms with Crippen molar-refractivity contribution >= 4 is 39.0 Å². The Morgan fingerprint density at radius 2 is 1.18 bits per heavy atom. The summed E-state index contributed by atoms with van der Waals surface area (Å²) < 4.78 is 6.38. The first kappa shape index (κ1) is 37.2. The van der Waals surface area contributed by atoms with E-state index < -0.39 is 0 Å². The van der Waals surface area contributed by atoms with Gasteiger partial charge in [-0.15, -0.1) is 0 Å². The molecule has 0 aliphatic heterocycles.